The minimum Gasteiger partial charge on any atom is -0.278 e. The van der Waals surface area contributed by atoms with Crippen molar-refractivity contribution in [1.82, 2.24) is 0 Å². The van der Waals surface area contributed by atoms with Gasteiger partial charge in [-0.1, -0.05) is 6.42 Å². The minimum absolute atomic E-state index is 0.417. The van der Waals surface area contributed by atoms with E-state index in [4.69, 9.17) is 0 Å². The number of ketones is 1. The summed E-state index contributed by atoms with van der Waals surface area (Å²) in [5, 5.41) is 0. The zero-order valence-corrected chi connectivity index (χ0v) is 11.6. The smallest absolute Gasteiger partial charge is 0.278 e. The van der Waals surface area contributed by atoms with Crippen molar-refractivity contribution in [2.24, 2.45) is 23.7 Å². The molecule has 0 spiro atoms. The molecule has 98 valence electrons. The minimum atomic E-state index is 0.417. The summed E-state index contributed by atoms with van der Waals surface area (Å²) in [5.41, 5.74) is 2.38. The molecule has 0 unspecified atom stereocenters. The lowest BCUT2D eigenvalue weighted by Crippen LogP contribution is -2.23. The van der Waals surface area contributed by atoms with Gasteiger partial charge in [-0.25, -0.2) is 0 Å². The molecule has 0 saturated heterocycles. The average Bonchev–Trinajstić information content (AvgIpc) is 3.11. The highest BCUT2D eigenvalue weighted by Crippen LogP contribution is 2.63. The fourth-order valence-electron chi connectivity index (χ4n) is 5.10. The first-order valence-electron chi connectivity index (χ1n) is 7.73. The Labute approximate surface area is 115 Å². The highest BCUT2D eigenvalue weighted by Gasteiger charge is 2.57. The molecule has 3 aliphatic carbocycles. The van der Waals surface area contributed by atoms with E-state index in [0.29, 0.717) is 5.78 Å². The van der Waals surface area contributed by atoms with E-state index in [1.807, 2.05) is 0 Å². The van der Waals surface area contributed by atoms with Crippen molar-refractivity contribution in [2.75, 3.05) is 0 Å². The summed E-state index contributed by atoms with van der Waals surface area (Å²) in [6.07, 6.45) is 7.23. The van der Waals surface area contributed by atoms with Crippen LogP contribution in [0.1, 0.15) is 50.2 Å². The Morgan fingerprint density at radius 1 is 1.16 bits per heavy atom. The standard InChI is InChI=1S/C18H21O/c1-11(19)12-5-7-13(8-6-12)17-9-14-10-18(17)16-4-2-3-15(14)16/h5-8,14-16,18H,2-4,9-10H2,1H3/q+1/p+1/t14-,15+,16+,18+/m1/s1. The zero-order chi connectivity index (χ0) is 13.0. The van der Waals surface area contributed by atoms with E-state index in [1.165, 1.54) is 37.7 Å². The Morgan fingerprint density at radius 3 is 2.63 bits per heavy atom. The number of benzene rings is 1. The largest absolute Gasteiger partial charge is 0.322 e. The van der Waals surface area contributed by atoms with Gasteiger partial charge in [0.1, 0.15) is 5.56 Å². The second kappa shape index (κ2) is 4.13. The Hall–Kier alpha value is -1.24. The first-order valence-corrected chi connectivity index (χ1v) is 7.73. The molecule has 1 aromatic carbocycles. The Bertz CT molecular complexity index is 501. The summed E-state index contributed by atoms with van der Waals surface area (Å²) in [7, 11) is 0. The van der Waals surface area contributed by atoms with Crippen LogP contribution >= 0.6 is 0 Å². The third kappa shape index (κ3) is 1.67. The normalized spacial score (nSPS) is 35.7. The van der Waals surface area contributed by atoms with E-state index in [9.17, 15) is 4.79 Å². The SMILES string of the molecule is CC(=[OH+])c1ccc([C+]2C[C@@H]3C[C@H]2[C@H]2CCC[C@@H]32)cc1. The van der Waals surface area contributed by atoms with Crippen LogP contribution in [0.4, 0.5) is 0 Å². The first kappa shape index (κ1) is 11.6. The van der Waals surface area contributed by atoms with Gasteiger partial charge in [0.15, 0.2) is 0 Å². The lowest BCUT2D eigenvalue weighted by molar-refractivity contribution is 0.285. The molecule has 0 aromatic heterocycles. The maximum atomic E-state index is 9.52. The molecule has 1 heteroatoms. The molecule has 19 heavy (non-hydrogen) atoms. The molecule has 0 aliphatic heterocycles. The lowest BCUT2D eigenvalue weighted by atomic mass is 9.73. The maximum Gasteiger partial charge on any atom is 0.322 e. The van der Waals surface area contributed by atoms with Crippen molar-refractivity contribution in [2.45, 2.75) is 39.0 Å². The predicted octanol–water partition coefficient (Wildman–Crippen LogP) is 3.98. The third-order valence-electron chi connectivity index (χ3n) is 5.91. The van der Waals surface area contributed by atoms with Gasteiger partial charge in [-0.3, -0.25) is 4.79 Å². The fraction of sp³-hybridized carbons (Fsp3) is 0.556. The molecule has 0 radical (unpaired) electrons. The molecular formula is C18H22O+2. The molecule has 1 N–H and O–H groups in total. The number of carbonyl (C=O) groups excluding carboxylic acids is 1. The van der Waals surface area contributed by atoms with Gasteiger partial charge < -0.3 is 0 Å². The number of rotatable bonds is 2. The lowest BCUT2D eigenvalue weighted by Gasteiger charge is -2.27. The van der Waals surface area contributed by atoms with Crippen LogP contribution in [0.25, 0.3) is 0 Å². The van der Waals surface area contributed by atoms with Crippen LogP contribution < -0.4 is 0 Å². The fourth-order valence-corrected chi connectivity index (χ4v) is 5.10. The van der Waals surface area contributed by atoms with Crippen LogP contribution in [0, 0.1) is 29.6 Å². The summed E-state index contributed by atoms with van der Waals surface area (Å²) in [6, 6.07) is 8.57. The third-order valence-corrected chi connectivity index (χ3v) is 5.91. The molecule has 4 rings (SSSR count). The van der Waals surface area contributed by atoms with E-state index in [-0.39, 0.29) is 0 Å². The van der Waals surface area contributed by atoms with Gasteiger partial charge in [0.05, 0.1) is 12.5 Å². The van der Waals surface area contributed by atoms with Crippen LogP contribution in [0.5, 0.6) is 0 Å². The molecule has 3 aliphatic rings. The van der Waals surface area contributed by atoms with E-state index < -0.39 is 0 Å². The summed E-state index contributed by atoms with van der Waals surface area (Å²) >= 11 is 0. The molecule has 2 bridgehead atoms. The van der Waals surface area contributed by atoms with Gasteiger partial charge in [-0.15, -0.1) is 0 Å². The second-order valence-corrected chi connectivity index (χ2v) is 6.75. The van der Waals surface area contributed by atoms with Crippen molar-refractivity contribution in [1.29, 1.82) is 0 Å². The summed E-state index contributed by atoms with van der Waals surface area (Å²) in [5.74, 6) is 6.05. The molecule has 0 amide bonds. The van der Waals surface area contributed by atoms with Crippen molar-refractivity contribution in [3.63, 3.8) is 0 Å². The number of hydrogen-bond acceptors (Lipinski definition) is 0. The average molecular weight is 254 g/mol. The molecule has 3 fully saturated rings. The van der Waals surface area contributed by atoms with Crippen molar-refractivity contribution >= 4 is 5.78 Å². The monoisotopic (exact) mass is 254 g/mol. The van der Waals surface area contributed by atoms with E-state index in [1.54, 1.807) is 12.8 Å². The summed E-state index contributed by atoms with van der Waals surface area (Å²) < 4.78 is 0. The quantitative estimate of drug-likeness (QED) is 0.432. The molecule has 1 aromatic rings. The molecular weight excluding hydrogens is 232 g/mol. The summed E-state index contributed by atoms with van der Waals surface area (Å²) in [6.45, 7) is 1.75. The zero-order valence-electron chi connectivity index (χ0n) is 11.6. The Morgan fingerprint density at radius 2 is 1.89 bits per heavy atom. The molecule has 1 nitrogen and oxygen atoms in total. The van der Waals surface area contributed by atoms with Gasteiger partial charge >= 0.3 is 5.78 Å². The summed E-state index contributed by atoms with van der Waals surface area (Å²) in [4.78, 5) is 9.52. The number of hydrogen-bond donors (Lipinski definition) is 0. The van der Waals surface area contributed by atoms with Crippen LogP contribution in [0.2, 0.25) is 0 Å². The van der Waals surface area contributed by atoms with Crippen LogP contribution in [0.15, 0.2) is 24.3 Å². The second-order valence-electron chi connectivity index (χ2n) is 6.75. The van der Waals surface area contributed by atoms with Crippen LogP contribution in [-0.2, 0) is 0 Å². The Kier molecular flexibility index (Phi) is 2.51. The van der Waals surface area contributed by atoms with E-state index >= 15 is 0 Å². The highest BCUT2D eigenvalue weighted by atomic mass is 16.1. The first-order chi connectivity index (χ1) is 9.24. The van der Waals surface area contributed by atoms with Gasteiger partial charge in [0, 0.05) is 42.5 Å². The van der Waals surface area contributed by atoms with E-state index in [2.05, 4.69) is 24.3 Å². The van der Waals surface area contributed by atoms with Gasteiger partial charge in [0.2, 0.25) is 0 Å². The van der Waals surface area contributed by atoms with Crippen LogP contribution in [0.3, 0.4) is 0 Å². The highest BCUT2D eigenvalue weighted by molar-refractivity contribution is 5.94. The van der Waals surface area contributed by atoms with Crippen molar-refractivity contribution in [3.05, 3.63) is 41.3 Å². The van der Waals surface area contributed by atoms with E-state index in [0.717, 1.165) is 29.2 Å². The molecule has 4 atom stereocenters. The van der Waals surface area contributed by atoms with Crippen molar-refractivity contribution < 1.29 is 4.79 Å². The van der Waals surface area contributed by atoms with Gasteiger partial charge in [-0.2, -0.15) is 0 Å². The Balaban J connectivity index is 1.59. The van der Waals surface area contributed by atoms with Gasteiger partial charge in [0.25, 0.3) is 0 Å². The van der Waals surface area contributed by atoms with Crippen LogP contribution in [-0.4, -0.2) is 10.6 Å². The molecule has 3 saturated carbocycles. The molecule has 0 heterocycles. The van der Waals surface area contributed by atoms with Crippen molar-refractivity contribution in [3.8, 4) is 0 Å². The topological polar surface area (TPSA) is 21.4 Å². The van der Waals surface area contributed by atoms with Gasteiger partial charge in [-0.05, 0) is 37.0 Å². The number of fused-ring (bicyclic) bond motifs is 5. The maximum absolute atomic E-state index is 9.52. The predicted molar refractivity (Wildman–Crippen MR) is 77.6 cm³/mol.